The highest BCUT2D eigenvalue weighted by Crippen LogP contribution is 2.34. The van der Waals surface area contributed by atoms with Crippen molar-refractivity contribution in [3.63, 3.8) is 0 Å². The van der Waals surface area contributed by atoms with Crippen LogP contribution in [0.3, 0.4) is 0 Å². The number of carbonyl (C=O) groups excluding carboxylic acids is 1. The molecule has 1 heterocycles. The summed E-state index contributed by atoms with van der Waals surface area (Å²) in [6.45, 7) is 5.87. The van der Waals surface area contributed by atoms with Crippen LogP contribution < -0.4 is 11.1 Å². The normalized spacial score (nSPS) is 11.6. The number of aromatic nitrogens is 2. The molecule has 1 aromatic heterocycles. The third-order valence-corrected chi connectivity index (χ3v) is 7.50. The summed E-state index contributed by atoms with van der Waals surface area (Å²) in [5, 5.41) is 7.32. The first-order valence-corrected chi connectivity index (χ1v) is 12.5. The van der Waals surface area contributed by atoms with E-state index in [4.69, 9.17) is 5.73 Å². The highest BCUT2D eigenvalue weighted by molar-refractivity contribution is 7.99. The Morgan fingerprint density at radius 3 is 2.29 bits per heavy atom. The van der Waals surface area contributed by atoms with E-state index in [2.05, 4.69) is 24.3 Å². The van der Waals surface area contributed by atoms with Crippen LogP contribution >= 0.6 is 11.8 Å². The van der Waals surface area contributed by atoms with Crippen LogP contribution in [0.25, 0.3) is 0 Å². The smallest absolute Gasteiger partial charge is 0.246 e. The molecule has 3 N–H and O–H groups in total. The number of nitrogens with one attached hydrogen (secondary N) is 1. The summed E-state index contributed by atoms with van der Waals surface area (Å²) < 4.78 is 27.6. The number of nitrogen functional groups attached to an aromatic ring is 1. The number of amides is 1. The van der Waals surface area contributed by atoms with Gasteiger partial charge in [0.05, 0.1) is 4.90 Å². The van der Waals surface area contributed by atoms with Gasteiger partial charge in [-0.25, -0.2) is 13.1 Å². The SMILES string of the molecule is CSc1nn(CC(=O)Nc2ccc(C(C)C)cc2)c(N)c1S(=O)(=O)c1ccc(C)cc1. The van der Waals surface area contributed by atoms with Gasteiger partial charge in [0, 0.05) is 5.69 Å². The summed E-state index contributed by atoms with van der Waals surface area (Å²) in [6.07, 6.45) is 1.72. The summed E-state index contributed by atoms with van der Waals surface area (Å²) in [5.41, 5.74) is 8.93. The summed E-state index contributed by atoms with van der Waals surface area (Å²) >= 11 is 1.17. The first kappa shape index (κ1) is 22.9. The van der Waals surface area contributed by atoms with E-state index >= 15 is 0 Å². The number of nitrogens with two attached hydrogens (primary N) is 1. The van der Waals surface area contributed by atoms with Crippen LogP contribution in [0.5, 0.6) is 0 Å². The number of sulfone groups is 1. The first-order chi connectivity index (χ1) is 14.6. The minimum absolute atomic E-state index is 0.0600. The molecule has 31 heavy (non-hydrogen) atoms. The molecule has 0 aliphatic heterocycles. The van der Waals surface area contributed by atoms with Crippen molar-refractivity contribution < 1.29 is 13.2 Å². The summed E-state index contributed by atoms with van der Waals surface area (Å²) in [7, 11) is -3.88. The topological polar surface area (TPSA) is 107 Å². The summed E-state index contributed by atoms with van der Waals surface area (Å²) in [5.74, 6) is -0.0128. The fraction of sp³-hybridized carbons (Fsp3) is 0.273. The number of carbonyl (C=O) groups is 1. The van der Waals surface area contributed by atoms with E-state index in [1.165, 1.54) is 22.0 Å². The number of anilines is 2. The number of aryl methyl sites for hydroxylation is 1. The molecular formula is C22H26N4O3S2. The maximum atomic E-state index is 13.2. The maximum absolute atomic E-state index is 13.2. The average molecular weight is 459 g/mol. The lowest BCUT2D eigenvalue weighted by atomic mass is 10.0. The molecular weight excluding hydrogens is 432 g/mol. The Balaban J connectivity index is 1.85. The lowest BCUT2D eigenvalue weighted by Crippen LogP contribution is -2.21. The molecule has 164 valence electrons. The molecule has 7 nitrogen and oxygen atoms in total. The van der Waals surface area contributed by atoms with Gasteiger partial charge in [-0.05, 0) is 48.9 Å². The van der Waals surface area contributed by atoms with Crippen molar-refractivity contribution in [3.05, 3.63) is 59.7 Å². The number of benzene rings is 2. The van der Waals surface area contributed by atoms with Crippen LogP contribution in [0.4, 0.5) is 11.5 Å². The van der Waals surface area contributed by atoms with Gasteiger partial charge in [0.15, 0.2) is 0 Å². The zero-order valence-electron chi connectivity index (χ0n) is 17.9. The van der Waals surface area contributed by atoms with E-state index in [1.54, 1.807) is 30.5 Å². The van der Waals surface area contributed by atoms with Crippen molar-refractivity contribution in [1.29, 1.82) is 0 Å². The Kier molecular flexibility index (Phi) is 6.76. The fourth-order valence-corrected chi connectivity index (χ4v) is 5.50. The van der Waals surface area contributed by atoms with Crippen LogP contribution in [-0.4, -0.2) is 30.4 Å². The Labute approximate surface area is 187 Å². The Bertz CT molecular complexity index is 1180. The predicted octanol–water partition coefficient (Wildman–Crippen LogP) is 4.09. The molecule has 0 fully saturated rings. The highest BCUT2D eigenvalue weighted by Gasteiger charge is 2.29. The first-order valence-electron chi connectivity index (χ1n) is 9.75. The molecule has 3 rings (SSSR count). The van der Waals surface area contributed by atoms with Crippen molar-refractivity contribution >= 4 is 39.0 Å². The molecule has 1 amide bonds. The number of rotatable bonds is 7. The van der Waals surface area contributed by atoms with Crippen LogP contribution in [0.15, 0.2) is 63.3 Å². The number of thioether (sulfide) groups is 1. The van der Waals surface area contributed by atoms with Gasteiger partial charge in [-0.3, -0.25) is 4.79 Å². The zero-order chi connectivity index (χ0) is 22.8. The maximum Gasteiger partial charge on any atom is 0.246 e. The van der Waals surface area contributed by atoms with Crippen LogP contribution in [0, 0.1) is 6.92 Å². The van der Waals surface area contributed by atoms with Crippen LogP contribution in [0.2, 0.25) is 0 Å². The second-order valence-electron chi connectivity index (χ2n) is 7.52. The van der Waals surface area contributed by atoms with Gasteiger partial charge in [-0.2, -0.15) is 5.10 Å². The zero-order valence-corrected chi connectivity index (χ0v) is 19.5. The standard InChI is InChI=1S/C22H26N4O3S2/c1-14(2)16-7-9-17(10-8-16)24-19(27)13-26-21(23)20(22(25-26)30-4)31(28,29)18-11-5-15(3)6-12-18/h5-12,14H,13,23H2,1-4H3,(H,24,27). The van der Waals surface area contributed by atoms with E-state index in [9.17, 15) is 13.2 Å². The predicted molar refractivity (Wildman–Crippen MR) is 124 cm³/mol. The summed E-state index contributed by atoms with van der Waals surface area (Å²) in [6, 6.07) is 14.1. The van der Waals surface area contributed by atoms with Crippen molar-refractivity contribution in [2.45, 2.75) is 48.1 Å². The largest absolute Gasteiger partial charge is 0.383 e. The Hall–Kier alpha value is -2.78. The second kappa shape index (κ2) is 9.15. The molecule has 9 heteroatoms. The molecule has 0 aliphatic rings. The molecule has 3 aromatic rings. The third kappa shape index (κ3) is 4.94. The van der Waals surface area contributed by atoms with Gasteiger partial charge >= 0.3 is 0 Å². The van der Waals surface area contributed by atoms with Gasteiger partial charge < -0.3 is 11.1 Å². The van der Waals surface area contributed by atoms with Gasteiger partial charge in [0.25, 0.3) is 0 Å². The molecule has 0 unspecified atom stereocenters. The van der Waals surface area contributed by atoms with E-state index in [0.717, 1.165) is 5.56 Å². The van der Waals surface area contributed by atoms with Gasteiger partial charge in [0.2, 0.25) is 15.7 Å². The second-order valence-corrected chi connectivity index (χ2v) is 10.2. The number of hydrogen-bond donors (Lipinski definition) is 2. The van der Waals surface area contributed by atoms with Crippen molar-refractivity contribution in [2.24, 2.45) is 0 Å². The molecule has 0 saturated heterocycles. The van der Waals surface area contributed by atoms with Crippen molar-refractivity contribution in [1.82, 2.24) is 9.78 Å². The number of hydrogen-bond acceptors (Lipinski definition) is 6. The average Bonchev–Trinajstić information content (AvgIpc) is 3.04. The summed E-state index contributed by atoms with van der Waals surface area (Å²) in [4.78, 5) is 12.6. The van der Waals surface area contributed by atoms with Crippen molar-refractivity contribution in [2.75, 3.05) is 17.3 Å². The highest BCUT2D eigenvalue weighted by atomic mass is 32.2. The Morgan fingerprint density at radius 1 is 1.13 bits per heavy atom. The minimum Gasteiger partial charge on any atom is -0.383 e. The minimum atomic E-state index is -3.88. The monoisotopic (exact) mass is 458 g/mol. The fourth-order valence-electron chi connectivity index (χ4n) is 3.07. The molecule has 0 aliphatic carbocycles. The van der Waals surface area contributed by atoms with E-state index in [1.807, 2.05) is 31.2 Å². The molecule has 0 saturated carbocycles. The lowest BCUT2D eigenvalue weighted by molar-refractivity contribution is -0.116. The van der Waals surface area contributed by atoms with Gasteiger partial charge in [-0.1, -0.05) is 43.7 Å². The van der Waals surface area contributed by atoms with E-state index in [0.29, 0.717) is 11.6 Å². The van der Waals surface area contributed by atoms with E-state index < -0.39 is 9.84 Å². The van der Waals surface area contributed by atoms with Gasteiger partial charge in [0.1, 0.15) is 22.3 Å². The van der Waals surface area contributed by atoms with E-state index in [-0.39, 0.29) is 33.1 Å². The number of nitrogens with zero attached hydrogens (tertiary/aromatic N) is 2. The van der Waals surface area contributed by atoms with Crippen LogP contribution in [-0.2, 0) is 21.2 Å². The molecule has 2 aromatic carbocycles. The van der Waals surface area contributed by atoms with Crippen LogP contribution in [0.1, 0.15) is 30.9 Å². The van der Waals surface area contributed by atoms with Gasteiger partial charge in [-0.15, -0.1) is 11.8 Å². The Morgan fingerprint density at radius 2 is 1.74 bits per heavy atom. The molecule has 0 radical (unpaired) electrons. The van der Waals surface area contributed by atoms with Crippen molar-refractivity contribution in [3.8, 4) is 0 Å². The third-order valence-electron chi connectivity index (χ3n) is 4.86. The quantitative estimate of drug-likeness (QED) is 0.517. The molecule has 0 bridgehead atoms. The molecule has 0 atom stereocenters. The lowest BCUT2D eigenvalue weighted by Gasteiger charge is -2.09. The molecule has 0 spiro atoms.